The number of benzene rings is 2. The normalized spacial score (nSPS) is 14.7. The van der Waals surface area contributed by atoms with Crippen molar-refractivity contribution in [2.45, 2.75) is 26.3 Å². The van der Waals surface area contributed by atoms with Crippen molar-refractivity contribution < 1.29 is 9.59 Å². The Hall–Kier alpha value is -2.66. The minimum Gasteiger partial charge on any atom is -0.352 e. The number of hydrogen-bond acceptors (Lipinski definition) is 3. The molecule has 0 atom stereocenters. The Balaban J connectivity index is 1.44. The number of carbonyl (C=O) groups is 2. The van der Waals surface area contributed by atoms with E-state index in [9.17, 15) is 9.59 Å². The van der Waals surface area contributed by atoms with E-state index in [1.807, 2.05) is 59.5 Å². The number of amides is 2. The second kappa shape index (κ2) is 10.0. The third-order valence-corrected chi connectivity index (χ3v) is 5.28. The van der Waals surface area contributed by atoms with Gasteiger partial charge in [0.25, 0.3) is 5.91 Å². The molecule has 1 aliphatic rings. The van der Waals surface area contributed by atoms with Crippen LogP contribution in [0.4, 0.5) is 0 Å². The molecule has 0 bridgehead atoms. The number of likely N-dealkylation sites (N-methyl/N-ethyl adjacent to an activating group) is 1. The summed E-state index contributed by atoms with van der Waals surface area (Å²) in [5.41, 5.74) is 2.88. The average molecular weight is 380 g/mol. The Labute approximate surface area is 167 Å². The molecule has 2 aromatic carbocycles. The van der Waals surface area contributed by atoms with E-state index in [1.165, 1.54) is 5.56 Å². The fraction of sp³-hybridized carbons (Fsp3) is 0.391. The summed E-state index contributed by atoms with van der Waals surface area (Å²) in [6, 6.07) is 17.6. The van der Waals surface area contributed by atoms with Gasteiger partial charge in [-0.25, -0.2) is 0 Å². The van der Waals surface area contributed by atoms with Crippen molar-refractivity contribution >= 4 is 11.8 Å². The molecule has 0 spiro atoms. The van der Waals surface area contributed by atoms with E-state index in [0.717, 1.165) is 44.7 Å². The van der Waals surface area contributed by atoms with Gasteiger partial charge in [0.05, 0.1) is 0 Å². The van der Waals surface area contributed by atoms with E-state index >= 15 is 0 Å². The summed E-state index contributed by atoms with van der Waals surface area (Å²) in [6.07, 6.45) is 1.22. The molecule has 0 aromatic heterocycles. The van der Waals surface area contributed by atoms with Gasteiger partial charge >= 0.3 is 0 Å². The number of piperazine rings is 1. The molecule has 1 saturated heterocycles. The Morgan fingerprint density at radius 2 is 1.57 bits per heavy atom. The molecule has 3 rings (SSSR count). The van der Waals surface area contributed by atoms with Crippen LogP contribution in [0.2, 0.25) is 0 Å². The lowest BCUT2D eigenvalue weighted by Gasteiger charge is -2.34. The van der Waals surface area contributed by atoms with Crippen LogP contribution in [-0.4, -0.2) is 54.3 Å². The van der Waals surface area contributed by atoms with Crippen molar-refractivity contribution in [3.8, 4) is 0 Å². The van der Waals surface area contributed by atoms with Gasteiger partial charge in [0, 0.05) is 44.7 Å². The van der Waals surface area contributed by atoms with E-state index in [2.05, 4.69) is 17.1 Å². The summed E-state index contributed by atoms with van der Waals surface area (Å²) in [7, 11) is 0. The maximum Gasteiger partial charge on any atom is 0.253 e. The van der Waals surface area contributed by atoms with Gasteiger partial charge in [-0.05, 0) is 36.2 Å². The minimum absolute atomic E-state index is 0.0396. The Bertz CT molecular complexity index is 766. The summed E-state index contributed by atoms with van der Waals surface area (Å²) >= 11 is 0. The van der Waals surface area contributed by atoms with Crippen LogP contribution in [0.25, 0.3) is 0 Å². The molecule has 5 heteroatoms. The molecule has 1 fully saturated rings. The van der Waals surface area contributed by atoms with Crippen molar-refractivity contribution in [1.82, 2.24) is 15.1 Å². The molecule has 28 heavy (non-hydrogen) atoms. The third-order valence-electron chi connectivity index (χ3n) is 5.28. The lowest BCUT2D eigenvalue weighted by molar-refractivity contribution is -0.121. The largest absolute Gasteiger partial charge is 0.352 e. The smallest absolute Gasteiger partial charge is 0.253 e. The molecule has 1 aliphatic heterocycles. The average Bonchev–Trinajstić information content (AvgIpc) is 2.77. The summed E-state index contributed by atoms with van der Waals surface area (Å²) < 4.78 is 0. The van der Waals surface area contributed by atoms with E-state index in [0.29, 0.717) is 18.5 Å². The molecule has 0 aliphatic carbocycles. The van der Waals surface area contributed by atoms with Gasteiger partial charge in [0.15, 0.2) is 0 Å². The van der Waals surface area contributed by atoms with Gasteiger partial charge in [-0.2, -0.15) is 0 Å². The van der Waals surface area contributed by atoms with Crippen LogP contribution < -0.4 is 5.32 Å². The lowest BCUT2D eigenvalue weighted by Crippen LogP contribution is -2.48. The number of carbonyl (C=O) groups excluding carboxylic acids is 2. The molecule has 1 heterocycles. The maximum atomic E-state index is 12.6. The van der Waals surface area contributed by atoms with Crippen molar-refractivity contribution in [1.29, 1.82) is 0 Å². The quantitative estimate of drug-likeness (QED) is 0.805. The zero-order valence-corrected chi connectivity index (χ0v) is 16.6. The molecule has 2 amide bonds. The minimum atomic E-state index is 0.0396. The second-order valence-corrected chi connectivity index (χ2v) is 7.19. The first-order chi connectivity index (χ1) is 13.7. The Morgan fingerprint density at radius 1 is 0.893 bits per heavy atom. The second-order valence-electron chi connectivity index (χ2n) is 7.19. The lowest BCUT2D eigenvalue weighted by atomic mass is 10.1. The van der Waals surface area contributed by atoms with E-state index in [1.54, 1.807) is 0 Å². The zero-order valence-electron chi connectivity index (χ0n) is 16.6. The first-order valence-corrected chi connectivity index (χ1v) is 10.1. The third kappa shape index (κ3) is 5.67. The molecule has 0 unspecified atom stereocenters. The number of nitrogens with one attached hydrogen (secondary N) is 1. The highest BCUT2D eigenvalue weighted by atomic mass is 16.2. The van der Waals surface area contributed by atoms with E-state index in [4.69, 9.17) is 0 Å². The predicted octanol–water partition coefficient (Wildman–Crippen LogP) is 2.71. The van der Waals surface area contributed by atoms with Crippen molar-refractivity contribution in [3.05, 3.63) is 71.3 Å². The first kappa shape index (κ1) is 20.1. The fourth-order valence-corrected chi connectivity index (χ4v) is 3.41. The molecule has 1 N–H and O–H groups in total. The Morgan fingerprint density at radius 3 is 2.21 bits per heavy atom. The van der Waals surface area contributed by atoms with Crippen molar-refractivity contribution in [2.75, 3.05) is 32.7 Å². The summed E-state index contributed by atoms with van der Waals surface area (Å²) in [6.45, 7) is 7.12. The van der Waals surface area contributed by atoms with Crippen LogP contribution in [-0.2, 0) is 17.8 Å². The monoisotopic (exact) mass is 379 g/mol. The van der Waals surface area contributed by atoms with Gasteiger partial charge in [-0.3, -0.25) is 9.59 Å². The first-order valence-electron chi connectivity index (χ1n) is 10.1. The standard InChI is InChI=1S/C23H29N3O2/c1-2-25-14-16-26(17-15-25)23(28)21-11-8-20(9-12-21)18-24-22(27)13-10-19-6-4-3-5-7-19/h3-9,11-12H,2,10,13-18H2,1H3,(H,24,27). The number of nitrogens with zero attached hydrogens (tertiary/aromatic N) is 2. The van der Waals surface area contributed by atoms with Gasteiger partial charge < -0.3 is 15.1 Å². The fourth-order valence-electron chi connectivity index (χ4n) is 3.41. The molecule has 5 nitrogen and oxygen atoms in total. The number of rotatable bonds is 7. The predicted molar refractivity (Wildman–Crippen MR) is 111 cm³/mol. The van der Waals surface area contributed by atoms with Crippen molar-refractivity contribution in [2.24, 2.45) is 0 Å². The van der Waals surface area contributed by atoms with Gasteiger partial charge in [0.2, 0.25) is 5.91 Å². The molecule has 148 valence electrons. The number of aryl methyl sites for hydroxylation is 1. The van der Waals surface area contributed by atoms with Gasteiger partial charge in [0.1, 0.15) is 0 Å². The van der Waals surface area contributed by atoms with Crippen LogP contribution in [0.1, 0.15) is 34.8 Å². The number of hydrogen-bond donors (Lipinski definition) is 1. The maximum absolute atomic E-state index is 12.6. The highest BCUT2D eigenvalue weighted by Gasteiger charge is 2.21. The SMILES string of the molecule is CCN1CCN(C(=O)c2ccc(CNC(=O)CCc3ccccc3)cc2)CC1. The van der Waals surface area contributed by atoms with Crippen LogP contribution in [0.3, 0.4) is 0 Å². The van der Waals surface area contributed by atoms with Crippen LogP contribution in [0, 0.1) is 0 Å². The van der Waals surface area contributed by atoms with Crippen LogP contribution in [0.5, 0.6) is 0 Å². The Kier molecular flexibility index (Phi) is 7.20. The summed E-state index contributed by atoms with van der Waals surface area (Å²) in [5, 5.41) is 2.95. The van der Waals surface area contributed by atoms with Crippen LogP contribution >= 0.6 is 0 Å². The van der Waals surface area contributed by atoms with E-state index < -0.39 is 0 Å². The molecular formula is C23H29N3O2. The summed E-state index contributed by atoms with van der Waals surface area (Å²) in [5.74, 6) is 0.131. The van der Waals surface area contributed by atoms with E-state index in [-0.39, 0.29) is 11.8 Å². The van der Waals surface area contributed by atoms with Gasteiger partial charge in [-0.15, -0.1) is 0 Å². The van der Waals surface area contributed by atoms with Gasteiger partial charge in [-0.1, -0.05) is 49.4 Å². The highest BCUT2D eigenvalue weighted by Crippen LogP contribution is 2.11. The zero-order chi connectivity index (χ0) is 19.8. The summed E-state index contributed by atoms with van der Waals surface area (Å²) in [4.78, 5) is 29.0. The topological polar surface area (TPSA) is 52.6 Å². The molecule has 0 saturated carbocycles. The van der Waals surface area contributed by atoms with Crippen LogP contribution in [0.15, 0.2) is 54.6 Å². The molecular weight excluding hydrogens is 350 g/mol. The molecule has 2 aromatic rings. The molecule has 0 radical (unpaired) electrons. The van der Waals surface area contributed by atoms with Crippen molar-refractivity contribution in [3.63, 3.8) is 0 Å². The highest BCUT2D eigenvalue weighted by molar-refractivity contribution is 5.94.